The zero-order chi connectivity index (χ0) is 12.1. The van der Waals surface area contributed by atoms with Gasteiger partial charge in [0.1, 0.15) is 0 Å². The van der Waals surface area contributed by atoms with E-state index in [1.54, 1.807) is 12.4 Å². The van der Waals surface area contributed by atoms with Crippen LogP contribution in [0, 0.1) is 5.92 Å². The van der Waals surface area contributed by atoms with E-state index in [1.165, 1.54) is 25.8 Å². The van der Waals surface area contributed by atoms with Gasteiger partial charge in [-0.25, -0.2) is 10.8 Å². The smallest absolute Gasteiger partial charge is 0.158 e. The minimum absolute atomic E-state index is 0.609. The van der Waals surface area contributed by atoms with E-state index in [2.05, 4.69) is 27.2 Å². The maximum atomic E-state index is 5.26. The van der Waals surface area contributed by atoms with Crippen molar-refractivity contribution in [3.8, 4) is 0 Å². The van der Waals surface area contributed by atoms with E-state index < -0.39 is 0 Å². The first-order valence-corrected chi connectivity index (χ1v) is 6.31. The van der Waals surface area contributed by atoms with Crippen LogP contribution in [0.3, 0.4) is 0 Å². The van der Waals surface area contributed by atoms with Gasteiger partial charge >= 0.3 is 0 Å². The van der Waals surface area contributed by atoms with Gasteiger partial charge in [0, 0.05) is 13.1 Å². The molecule has 5 nitrogen and oxygen atoms in total. The van der Waals surface area contributed by atoms with Gasteiger partial charge in [0.15, 0.2) is 5.82 Å². The molecule has 1 heterocycles. The molecular weight excluding hydrogens is 214 g/mol. The Hall–Kier alpha value is -1.20. The SMILES string of the molecule is CCCN(Cc1cnc(NN)cn1)CC1CC1. The lowest BCUT2D eigenvalue weighted by atomic mass is 10.3. The molecule has 17 heavy (non-hydrogen) atoms. The van der Waals surface area contributed by atoms with Crippen molar-refractivity contribution in [1.82, 2.24) is 14.9 Å². The number of hydrazine groups is 1. The summed E-state index contributed by atoms with van der Waals surface area (Å²) >= 11 is 0. The number of nitrogens with two attached hydrogens (primary N) is 1. The van der Waals surface area contributed by atoms with Crippen LogP contribution in [-0.2, 0) is 6.54 Å². The third kappa shape index (κ3) is 3.94. The molecule has 1 saturated carbocycles. The lowest BCUT2D eigenvalue weighted by Crippen LogP contribution is -2.27. The predicted octanol–water partition coefficient (Wildman–Crippen LogP) is 1.38. The second-order valence-electron chi connectivity index (χ2n) is 4.72. The second-order valence-corrected chi connectivity index (χ2v) is 4.72. The molecule has 1 fully saturated rings. The van der Waals surface area contributed by atoms with Crippen LogP contribution >= 0.6 is 0 Å². The molecular formula is C12H21N5. The zero-order valence-corrected chi connectivity index (χ0v) is 10.4. The Balaban J connectivity index is 1.90. The summed E-state index contributed by atoms with van der Waals surface area (Å²) in [5.74, 6) is 6.79. The highest BCUT2D eigenvalue weighted by atomic mass is 15.3. The molecule has 2 rings (SSSR count). The van der Waals surface area contributed by atoms with Gasteiger partial charge in [0.05, 0.1) is 18.1 Å². The molecule has 1 aliphatic rings. The Labute approximate surface area is 102 Å². The fraction of sp³-hybridized carbons (Fsp3) is 0.667. The Morgan fingerprint density at radius 2 is 2.24 bits per heavy atom. The van der Waals surface area contributed by atoms with Crippen LogP contribution in [0.2, 0.25) is 0 Å². The summed E-state index contributed by atoms with van der Waals surface area (Å²) in [6.45, 7) is 5.44. The highest BCUT2D eigenvalue weighted by molar-refractivity contribution is 5.28. The van der Waals surface area contributed by atoms with Crippen LogP contribution in [0.25, 0.3) is 0 Å². The van der Waals surface area contributed by atoms with Crippen LogP contribution in [0.15, 0.2) is 12.4 Å². The fourth-order valence-corrected chi connectivity index (χ4v) is 1.96. The fourth-order valence-electron chi connectivity index (χ4n) is 1.96. The Bertz CT molecular complexity index is 333. The van der Waals surface area contributed by atoms with Crippen molar-refractivity contribution in [1.29, 1.82) is 0 Å². The molecule has 5 heteroatoms. The third-order valence-electron chi connectivity index (χ3n) is 2.99. The van der Waals surface area contributed by atoms with Crippen molar-refractivity contribution >= 4 is 5.82 Å². The topological polar surface area (TPSA) is 67.1 Å². The van der Waals surface area contributed by atoms with Crippen molar-refractivity contribution in [2.45, 2.75) is 32.7 Å². The summed E-state index contributed by atoms with van der Waals surface area (Å²) in [6.07, 6.45) is 7.44. The monoisotopic (exact) mass is 235 g/mol. The van der Waals surface area contributed by atoms with E-state index in [1.807, 2.05) is 0 Å². The number of hydrogen-bond acceptors (Lipinski definition) is 5. The molecule has 0 aromatic carbocycles. The molecule has 0 amide bonds. The molecule has 0 spiro atoms. The Kier molecular flexibility index (Phi) is 4.28. The molecule has 0 unspecified atom stereocenters. The minimum atomic E-state index is 0.609. The number of nitrogens with one attached hydrogen (secondary N) is 1. The second kappa shape index (κ2) is 5.93. The van der Waals surface area contributed by atoms with Crippen LogP contribution in [0.4, 0.5) is 5.82 Å². The van der Waals surface area contributed by atoms with Crippen LogP contribution in [-0.4, -0.2) is 28.0 Å². The molecule has 1 aromatic heterocycles. The standard InChI is InChI=1S/C12H21N5/c1-2-5-17(8-10-3-4-10)9-11-6-15-12(16-13)7-14-11/h6-7,10H,2-5,8-9,13H2,1H3,(H,15,16). The van der Waals surface area contributed by atoms with E-state index in [4.69, 9.17) is 5.84 Å². The van der Waals surface area contributed by atoms with Gasteiger partial charge in [0.25, 0.3) is 0 Å². The number of anilines is 1. The molecule has 0 radical (unpaired) electrons. The van der Waals surface area contributed by atoms with Gasteiger partial charge < -0.3 is 5.43 Å². The highest BCUT2D eigenvalue weighted by Crippen LogP contribution is 2.30. The van der Waals surface area contributed by atoms with Gasteiger partial charge in [-0.1, -0.05) is 6.92 Å². The first-order valence-electron chi connectivity index (χ1n) is 6.31. The summed E-state index contributed by atoms with van der Waals surface area (Å²) in [6, 6.07) is 0. The summed E-state index contributed by atoms with van der Waals surface area (Å²) in [7, 11) is 0. The maximum Gasteiger partial charge on any atom is 0.158 e. The Morgan fingerprint density at radius 3 is 2.76 bits per heavy atom. The van der Waals surface area contributed by atoms with Crippen LogP contribution < -0.4 is 11.3 Å². The van der Waals surface area contributed by atoms with Crippen LogP contribution in [0.5, 0.6) is 0 Å². The normalized spacial score (nSPS) is 15.2. The van der Waals surface area contributed by atoms with E-state index >= 15 is 0 Å². The van der Waals surface area contributed by atoms with Crippen molar-refractivity contribution in [2.24, 2.45) is 11.8 Å². The van der Waals surface area contributed by atoms with Gasteiger partial charge in [-0.15, -0.1) is 0 Å². The van der Waals surface area contributed by atoms with Crippen molar-refractivity contribution in [3.63, 3.8) is 0 Å². The molecule has 1 aliphatic carbocycles. The minimum Gasteiger partial charge on any atom is -0.307 e. The zero-order valence-electron chi connectivity index (χ0n) is 10.4. The molecule has 1 aromatic rings. The quantitative estimate of drug-likeness (QED) is 0.552. The lowest BCUT2D eigenvalue weighted by molar-refractivity contribution is 0.252. The molecule has 0 atom stereocenters. The molecule has 0 saturated heterocycles. The first-order chi connectivity index (χ1) is 8.31. The van der Waals surface area contributed by atoms with E-state index in [0.29, 0.717) is 5.82 Å². The summed E-state index contributed by atoms with van der Waals surface area (Å²) in [4.78, 5) is 11.0. The molecule has 0 bridgehead atoms. The number of rotatable bonds is 7. The van der Waals surface area contributed by atoms with Crippen molar-refractivity contribution in [2.75, 3.05) is 18.5 Å². The molecule has 94 valence electrons. The lowest BCUT2D eigenvalue weighted by Gasteiger charge is -2.20. The van der Waals surface area contributed by atoms with Crippen molar-refractivity contribution < 1.29 is 0 Å². The summed E-state index contributed by atoms with van der Waals surface area (Å²) < 4.78 is 0. The summed E-state index contributed by atoms with van der Waals surface area (Å²) in [5, 5.41) is 0. The first kappa shape index (κ1) is 12.3. The maximum absolute atomic E-state index is 5.26. The van der Waals surface area contributed by atoms with Gasteiger partial charge in [-0.2, -0.15) is 0 Å². The molecule has 3 N–H and O–H groups in total. The van der Waals surface area contributed by atoms with E-state index in [0.717, 1.165) is 24.7 Å². The van der Waals surface area contributed by atoms with Crippen molar-refractivity contribution in [3.05, 3.63) is 18.1 Å². The largest absolute Gasteiger partial charge is 0.307 e. The van der Waals surface area contributed by atoms with Crippen LogP contribution in [0.1, 0.15) is 31.9 Å². The third-order valence-corrected chi connectivity index (χ3v) is 2.99. The number of aromatic nitrogens is 2. The van der Waals surface area contributed by atoms with Gasteiger partial charge in [-0.05, 0) is 31.7 Å². The summed E-state index contributed by atoms with van der Waals surface area (Å²) in [5.41, 5.74) is 3.50. The van der Waals surface area contributed by atoms with E-state index in [-0.39, 0.29) is 0 Å². The highest BCUT2D eigenvalue weighted by Gasteiger charge is 2.24. The number of nitrogens with zero attached hydrogens (tertiary/aromatic N) is 3. The number of hydrogen-bond donors (Lipinski definition) is 2. The predicted molar refractivity (Wildman–Crippen MR) is 68.1 cm³/mol. The molecule has 0 aliphatic heterocycles. The van der Waals surface area contributed by atoms with Gasteiger partial charge in [-0.3, -0.25) is 9.88 Å². The Morgan fingerprint density at radius 1 is 1.41 bits per heavy atom. The average molecular weight is 235 g/mol. The van der Waals surface area contributed by atoms with Gasteiger partial charge in [0.2, 0.25) is 0 Å². The van der Waals surface area contributed by atoms with E-state index in [9.17, 15) is 0 Å². The number of nitrogen functional groups attached to an aromatic ring is 1. The average Bonchev–Trinajstić information content (AvgIpc) is 3.14.